The van der Waals surface area contributed by atoms with Gasteiger partial charge in [0.2, 0.25) is 5.91 Å². The lowest BCUT2D eigenvalue weighted by Gasteiger charge is -2.05. The molecule has 152 valence electrons. The summed E-state index contributed by atoms with van der Waals surface area (Å²) in [6.45, 7) is 4.89. The normalized spacial score (nSPS) is 10.7. The molecular weight excluding hydrogens is 400 g/mol. The van der Waals surface area contributed by atoms with Crippen LogP contribution in [0.25, 0.3) is 11.3 Å². The van der Waals surface area contributed by atoms with E-state index in [0.29, 0.717) is 11.6 Å². The fraction of sp³-hybridized carbons (Fsp3) is 0.304. The molecule has 1 heterocycles. The van der Waals surface area contributed by atoms with Crippen LogP contribution in [0.2, 0.25) is 0 Å². The maximum absolute atomic E-state index is 12.2. The zero-order chi connectivity index (χ0) is 20.5. The number of rotatable bonds is 10. The van der Waals surface area contributed by atoms with Gasteiger partial charge < -0.3 is 10.1 Å². The molecule has 6 heteroatoms. The molecule has 1 aromatic heterocycles. The number of nitrogens with one attached hydrogen (secondary N) is 1. The van der Waals surface area contributed by atoms with E-state index in [4.69, 9.17) is 4.74 Å². The SMILES string of the molecule is CCCOc1ccc(-c2csc(NC(=O)CCCSc3ccc(C)cc3)n2)cc1. The summed E-state index contributed by atoms with van der Waals surface area (Å²) >= 11 is 3.23. The van der Waals surface area contributed by atoms with Crippen LogP contribution in [0.1, 0.15) is 31.7 Å². The maximum Gasteiger partial charge on any atom is 0.226 e. The summed E-state index contributed by atoms with van der Waals surface area (Å²) in [6, 6.07) is 16.4. The third kappa shape index (κ3) is 6.91. The number of aryl methyl sites for hydroxylation is 1. The van der Waals surface area contributed by atoms with Crippen molar-refractivity contribution in [3.8, 4) is 17.0 Å². The van der Waals surface area contributed by atoms with Gasteiger partial charge in [-0.2, -0.15) is 0 Å². The van der Waals surface area contributed by atoms with Crippen LogP contribution in [0, 0.1) is 6.92 Å². The molecule has 0 aliphatic rings. The molecular formula is C23H26N2O2S2. The number of aromatic nitrogens is 1. The third-order valence-electron chi connectivity index (χ3n) is 4.21. The van der Waals surface area contributed by atoms with Gasteiger partial charge in [0.1, 0.15) is 5.75 Å². The van der Waals surface area contributed by atoms with Crippen molar-refractivity contribution in [1.29, 1.82) is 0 Å². The van der Waals surface area contributed by atoms with E-state index in [1.165, 1.54) is 21.8 Å². The van der Waals surface area contributed by atoms with E-state index in [-0.39, 0.29) is 5.91 Å². The van der Waals surface area contributed by atoms with Gasteiger partial charge in [-0.1, -0.05) is 24.6 Å². The van der Waals surface area contributed by atoms with Gasteiger partial charge in [-0.05, 0) is 61.9 Å². The Kier molecular flexibility index (Phi) is 8.14. The van der Waals surface area contributed by atoms with Crippen LogP contribution in [0.15, 0.2) is 58.8 Å². The monoisotopic (exact) mass is 426 g/mol. The number of thioether (sulfide) groups is 1. The van der Waals surface area contributed by atoms with Crippen LogP contribution in [-0.4, -0.2) is 23.3 Å². The molecule has 3 aromatic rings. The van der Waals surface area contributed by atoms with Crippen molar-refractivity contribution in [2.75, 3.05) is 17.7 Å². The predicted octanol–water partition coefficient (Wildman–Crippen LogP) is 6.42. The number of hydrogen-bond donors (Lipinski definition) is 1. The van der Waals surface area contributed by atoms with Gasteiger partial charge in [-0.15, -0.1) is 23.1 Å². The summed E-state index contributed by atoms with van der Waals surface area (Å²) in [5, 5.41) is 5.52. The molecule has 29 heavy (non-hydrogen) atoms. The fourth-order valence-corrected chi connectivity index (χ4v) is 4.23. The number of ether oxygens (including phenoxy) is 1. The minimum Gasteiger partial charge on any atom is -0.494 e. The Morgan fingerprint density at radius 1 is 1.14 bits per heavy atom. The highest BCUT2D eigenvalue weighted by atomic mass is 32.2. The van der Waals surface area contributed by atoms with Crippen LogP contribution >= 0.6 is 23.1 Å². The van der Waals surface area contributed by atoms with E-state index in [0.717, 1.165) is 42.2 Å². The summed E-state index contributed by atoms with van der Waals surface area (Å²) in [5.41, 5.74) is 3.14. The lowest BCUT2D eigenvalue weighted by atomic mass is 10.2. The Bertz CT molecular complexity index is 905. The topological polar surface area (TPSA) is 51.2 Å². The van der Waals surface area contributed by atoms with Crippen molar-refractivity contribution >= 4 is 34.1 Å². The molecule has 1 N–H and O–H groups in total. The van der Waals surface area contributed by atoms with Crippen LogP contribution in [0.4, 0.5) is 5.13 Å². The number of anilines is 1. The van der Waals surface area contributed by atoms with E-state index in [9.17, 15) is 4.79 Å². The molecule has 0 unspecified atom stereocenters. The van der Waals surface area contributed by atoms with Gasteiger partial charge in [0.25, 0.3) is 0 Å². The molecule has 0 atom stereocenters. The maximum atomic E-state index is 12.2. The van der Waals surface area contributed by atoms with E-state index in [2.05, 4.69) is 48.4 Å². The lowest BCUT2D eigenvalue weighted by Crippen LogP contribution is -2.11. The molecule has 0 spiro atoms. The predicted molar refractivity (Wildman–Crippen MR) is 123 cm³/mol. The molecule has 1 amide bonds. The van der Waals surface area contributed by atoms with Crippen molar-refractivity contribution in [2.45, 2.75) is 38.0 Å². The van der Waals surface area contributed by atoms with Gasteiger partial charge in [-0.25, -0.2) is 4.98 Å². The standard InChI is InChI=1S/C23H26N2O2S2/c1-3-14-27-19-10-8-18(9-11-19)21-16-29-23(24-21)25-22(26)5-4-15-28-20-12-6-17(2)7-13-20/h6-13,16H,3-5,14-15H2,1-2H3,(H,24,25,26). The highest BCUT2D eigenvalue weighted by Gasteiger charge is 2.08. The average Bonchev–Trinajstić information content (AvgIpc) is 3.19. The number of carbonyl (C=O) groups is 1. The number of amides is 1. The third-order valence-corrected chi connectivity index (χ3v) is 6.07. The molecule has 0 saturated heterocycles. The average molecular weight is 427 g/mol. The van der Waals surface area contributed by atoms with E-state index in [1.807, 2.05) is 29.6 Å². The molecule has 0 fully saturated rings. The van der Waals surface area contributed by atoms with Crippen LogP contribution in [0.3, 0.4) is 0 Å². The van der Waals surface area contributed by atoms with Crippen molar-refractivity contribution < 1.29 is 9.53 Å². The lowest BCUT2D eigenvalue weighted by molar-refractivity contribution is -0.116. The van der Waals surface area contributed by atoms with Crippen molar-refractivity contribution in [3.63, 3.8) is 0 Å². The molecule has 0 aliphatic heterocycles. The number of nitrogens with zero attached hydrogens (tertiary/aromatic N) is 1. The minimum atomic E-state index is 0.0127. The second kappa shape index (κ2) is 11.0. The van der Waals surface area contributed by atoms with Gasteiger partial charge in [0, 0.05) is 22.3 Å². The second-order valence-electron chi connectivity index (χ2n) is 6.72. The second-order valence-corrected chi connectivity index (χ2v) is 8.75. The number of carbonyl (C=O) groups excluding carboxylic acids is 1. The number of thiazole rings is 1. The largest absolute Gasteiger partial charge is 0.494 e. The summed E-state index contributed by atoms with van der Waals surface area (Å²) in [7, 11) is 0. The first-order valence-corrected chi connectivity index (χ1v) is 11.7. The fourth-order valence-electron chi connectivity index (χ4n) is 2.64. The molecule has 2 aromatic carbocycles. The Balaban J connectivity index is 1.43. The molecule has 0 aliphatic carbocycles. The smallest absolute Gasteiger partial charge is 0.226 e. The van der Waals surface area contributed by atoms with Crippen molar-refractivity contribution in [1.82, 2.24) is 4.98 Å². The Labute approximate surface area is 180 Å². The van der Waals surface area contributed by atoms with Gasteiger partial charge in [-0.3, -0.25) is 4.79 Å². The molecule has 0 radical (unpaired) electrons. The molecule has 0 saturated carbocycles. The van der Waals surface area contributed by atoms with Gasteiger partial charge in [0.05, 0.1) is 12.3 Å². The molecule has 0 bridgehead atoms. The van der Waals surface area contributed by atoms with E-state index < -0.39 is 0 Å². The highest BCUT2D eigenvalue weighted by Crippen LogP contribution is 2.27. The first-order valence-electron chi connectivity index (χ1n) is 9.82. The number of hydrogen-bond acceptors (Lipinski definition) is 5. The van der Waals surface area contributed by atoms with Crippen LogP contribution in [-0.2, 0) is 4.79 Å². The Morgan fingerprint density at radius 3 is 2.62 bits per heavy atom. The van der Waals surface area contributed by atoms with E-state index in [1.54, 1.807) is 11.8 Å². The van der Waals surface area contributed by atoms with Crippen LogP contribution < -0.4 is 10.1 Å². The molecule has 3 rings (SSSR count). The van der Waals surface area contributed by atoms with E-state index >= 15 is 0 Å². The summed E-state index contributed by atoms with van der Waals surface area (Å²) in [4.78, 5) is 18.0. The Hall–Kier alpha value is -2.31. The Morgan fingerprint density at radius 2 is 1.90 bits per heavy atom. The van der Waals surface area contributed by atoms with Crippen LogP contribution in [0.5, 0.6) is 5.75 Å². The van der Waals surface area contributed by atoms with Crippen molar-refractivity contribution in [2.24, 2.45) is 0 Å². The van der Waals surface area contributed by atoms with Gasteiger partial charge in [0.15, 0.2) is 5.13 Å². The van der Waals surface area contributed by atoms with Gasteiger partial charge >= 0.3 is 0 Å². The van der Waals surface area contributed by atoms with Crippen molar-refractivity contribution in [3.05, 3.63) is 59.5 Å². The zero-order valence-corrected chi connectivity index (χ0v) is 18.4. The molecule has 4 nitrogen and oxygen atoms in total. The first-order chi connectivity index (χ1) is 14.1. The minimum absolute atomic E-state index is 0.0127. The summed E-state index contributed by atoms with van der Waals surface area (Å²) in [5.74, 6) is 1.80. The first kappa shape index (κ1) is 21.4. The zero-order valence-electron chi connectivity index (χ0n) is 16.8. The highest BCUT2D eigenvalue weighted by molar-refractivity contribution is 7.99. The summed E-state index contributed by atoms with van der Waals surface area (Å²) in [6.07, 6.45) is 2.32. The quantitative estimate of drug-likeness (QED) is 0.300. The summed E-state index contributed by atoms with van der Waals surface area (Å²) < 4.78 is 5.61. The number of benzene rings is 2.